The molecule has 2 atom stereocenters. The van der Waals surface area contributed by atoms with Crippen LogP contribution >= 0.6 is 0 Å². The molecule has 1 fully saturated rings. The van der Waals surface area contributed by atoms with E-state index in [2.05, 4.69) is 10.6 Å². The summed E-state index contributed by atoms with van der Waals surface area (Å²) < 4.78 is 5.23. The molecule has 140 valence electrons. The van der Waals surface area contributed by atoms with E-state index in [9.17, 15) is 14.4 Å². The Morgan fingerprint density at radius 1 is 1.22 bits per heavy atom. The number of furan rings is 1. The van der Waals surface area contributed by atoms with Gasteiger partial charge in [-0.3, -0.25) is 14.4 Å². The molecular weight excluding hydrogens is 346 g/mol. The van der Waals surface area contributed by atoms with Gasteiger partial charge < -0.3 is 20.0 Å². The fourth-order valence-corrected chi connectivity index (χ4v) is 3.84. The maximum atomic E-state index is 13.2. The van der Waals surface area contributed by atoms with E-state index in [-0.39, 0.29) is 24.1 Å². The van der Waals surface area contributed by atoms with Gasteiger partial charge in [0, 0.05) is 18.7 Å². The van der Waals surface area contributed by atoms with Gasteiger partial charge in [0.15, 0.2) is 0 Å². The molecule has 4 rings (SSSR count). The topological polar surface area (TPSA) is 91.7 Å². The number of nitrogens with zero attached hydrogens (tertiary/aromatic N) is 1. The number of fused-ring (bicyclic) bond motifs is 1. The minimum atomic E-state index is -0.548. The maximum absolute atomic E-state index is 13.2. The van der Waals surface area contributed by atoms with Crippen molar-refractivity contribution in [2.75, 3.05) is 11.9 Å². The van der Waals surface area contributed by atoms with Crippen LogP contribution in [0.3, 0.4) is 0 Å². The van der Waals surface area contributed by atoms with Crippen molar-refractivity contribution in [3.05, 3.63) is 54.0 Å². The molecule has 27 heavy (non-hydrogen) atoms. The van der Waals surface area contributed by atoms with Crippen molar-refractivity contribution in [2.24, 2.45) is 0 Å². The van der Waals surface area contributed by atoms with E-state index in [4.69, 9.17) is 4.42 Å². The van der Waals surface area contributed by atoms with Crippen molar-refractivity contribution in [3.8, 4) is 0 Å². The molecule has 0 radical (unpaired) electrons. The Kier molecular flexibility index (Phi) is 4.66. The summed E-state index contributed by atoms with van der Waals surface area (Å²) in [4.78, 5) is 39.5. The predicted octanol–water partition coefficient (Wildman–Crippen LogP) is 2.01. The summed E-state index contributed by atoms with van der Waals surface area (Å²) in [5.41, 5.74) is 1.48. The van der Waals surface area contributed by atoms with Crippen LogP contribution in [0.5, 0.6) is 0 Å². The third-order valence-corrected chi connectivity index (χ3v) is 5.15. The summed E-state index contributed by atoms with van der Waals surface area (Å²) in [6, 6.07) is 10.4. The van der Waals surface area contributed by atoms with E-state index in [1.54, 1.807) is 29.4 Å². The van der Waals surface area contributed by atoms with Gasteiger partial charge in [-0.2, -0.15) is 0 Å². The highest BCUT2D eigenvalue weighted by Gasteiger charge is 2.40. The van der Waals surface area contributed by atoms with Crippen LogP contribution in [-0.2, 0) is 20.9 Å². The fourth-order valence-electron chi connectivity index (χ4n) is 3.84. The second-order valence-electron chi connectivity index (χ2n) is 6.88. The molecule has 0 saturated carbocycles. The molecule has 7 nitrogen and oxygen atoms in total. The third kappa shape index (κ3) is 3.45. The number of nitrogens with one attached hydrogen (secondary N) is 2. The predicted molar refractivity (Wildman–Crippen MR) is 97.7 cm³/mol. The van der Waals surface area contributed by atoms with Crippen LogP contribution in [-0.4, -0.2) is 35.2 Å². The van der Waals surface area contributed by atoms with Crippen LogP contribution in [0.1, 0.15) is 36.5 Å². The first-order chi connectivity index (χ1) is 13.1. The number of amides is 3. The molecule has 1 saturated heterocycles. The summed E-state index contributed by atoms with van der Waals surface area (Å²) in [6.07, 6.45) is 3.05. The second kappa shape index (κ2) is 7.26. The SMILES string of the molecule is O=C1C[C@@H](C(=O)N2CCC[C@H]2C(=O)NCc2ccco2)c2ccccc2N1. The highest BCUT2D eigenvalue weighted by molar-refractivity contribution is 6.02. The van der Waals surface area contributed by atoms with Gasteiger partial charge in [0.2, 0.25) is 17.7 Å². The van der Waals surface area contributed by atoms with Crippen molar-refractivity contribution in [1.29, 1.82) is 0 Å². The number of hydrogen-bond donors (Lipinski definition) is 2. The Morgan fingerprint density at radius 3 is 2.89 bits per heavy atom. The molecule has 1 aromatic carbocycles. The lowest BCUT2D eigenvalue weighted by atomic mass is 9.89. The second-order valence-corrected chi connectivity index (χ2v) is 6.88. The number of para-hydroxylation sites is 1. The van der Waals surface area contributed by atoms with Gasteiger partial charge in [-0.15, -0.1) is 0 Å². The van der Waals surface area contributed by atoms with E-state index in [1.165, 1.54) is 0 Å². The third-order valence-electron chi connectivity index (χ3n) is 5.15. The Bertz CT molecular complexity index is 862. The molecule has 0 spiro atoms. The lowest BCUT2D eigenvalue weighted by Crippen LogP contribution is -2.48. The fraction of sp³-hybridized carbons (Fsp3) is 0.350. The highest BCUT2D eigenvalue weighted by Crippen LogP contribution is 2.35. The summed E-state index contributed by atoms with van der Waals surface area (Å²) in [5, 5.41) is 5.64. The average molecular weight is 367 g/mol. The van der Waals surface area contributed by atoms with E-state index in [0.717, 1.165) is 12.0 Å². The van der Waals surface area contributed by atoms with Crippen molar-refractivity contribution in [3.63, 3.8) is 0 Å². The Morgan fingerprint density at radius 2 is 2.07 bits per heavy atom. The molecule has 1 aromatic heterocycles. The van der Waals surface area contributed by atoms with Crippen LogP contribution in [0.25, 0.3) is 0 Å². The summed E-state index contributed by atoms with van der Waals surface area (Å²) in [7, 11) is 0. The minimum Gasteiger partial charge on any atom is -0.467 e. The van der Waals surface area contributed by atoms with Crippen LogP contribution in [0, 0.1) is 0 Å². The van der Waals surface area contributed by atoms with Crippen LogP contribution in [0.15, 0.2) is 47.1 Å². The number of likely N-dealkylation sites (tertiary alicyclic amines) is 1. The van der Waals surface area contributed by atoms with Gasteiger partial charge in [-0.25, -0.2) is 0 Å². The van der Waals surface area contributed by atoms with E-state index in [0.29, 0.717) is 31.0 Å². The highest BCUT2D eigenvalue weighted by atomic mass is 16.3. The van der Waals surface area contributed by atoms with Crippen molar-refractivity contribution >= 4 is 23.4 Å². The zero-order valence-electron chi connectivity index (χ0n) is 14.8. The summed E-state index contributed by atoms with van der Waals surface area (Å²) in [6.45, 7) is 0.816. The van der Waals surface area contributed by atoms with Crippen LogP contribution in [0.4, 0.5) is 5.69 Å². The standard InChI is InChI=1S/C20H21N3O4/c24-18-11-15(14-6-1-2-7-16(14)22-18)20(26)23-9-3-8-17(23)19(25)21-12-13-5-4-10-27-13/h1-2,4-7,10,15,17H,3,8-9,11-12H2,(H,21,25)(H,22,24)/t15-,17+/m1/s1. The zero-order valence-corrected chi connectivity index (χ0v) is 14.8. The van der Waals surface area contributed by atoms with Gasteiger partial charge in [0.05, 0.1) is 18.7 Å². The minimum absolute atomic E-state index is 0.104. The monoisotopic (exact) mass is 367 g/mol. The van der Waals surface area contributed by atoms with E-state index < -0.39 is 12.0 Å². The Labute approximate surface area is 156 Å². The normalized spacial score (nSPS) is 21.5. The van der Waals surface area contributed by atoms with Crippen molar-refractivity contribution < 1.29 is 18.8 Å². The van der Waals surface area contributed by atoms with Crippen LogP contribution < -0.4 is 10.6 Å². The van der Waals surface area contributed by atoms with Gasteiger partial charge in [-0.05, 0) is 36.6 Å². The number of rotatable bonds is 4. The summed E-state index contributed by atoms with van der Waals surface area (Å²) >= 11 is 0. The number of anilines is 1. The lowest BCUT2D eigenvalue weighted by Gasteiger charge is -2.31. The summed E-state index contributed by atoms with van der Waals surface area (Å²) in [5.74, 6) is -0.408. The van der Waals surface area contributed by atoms with Gasteiger partial charge in [-0.1, -0.05) is 18.2 Å². The number of carbonyl (C=O) groups is 3. The van der Waals surface area contributed by atoms with E-state index >= 15 is 0 Å². The van der Waals surface area contributed by atoms with Crippen molar-refractivity contribution in [1.82, 2.24) is 10.2 Å². The largest absolute Gasteiger partial charge is 0.467 e. The van der Waals surface area contributed by atoms with Crippen LogP contribution in [0.2, 0.25) is 0 Å². The first-order valence-electron chi connectivity index (χ1n) is 9.13. The molecule has 0 bridgehead atoms. The Balaban J connectivity index is 1.49. The number of carbonyl (C=O) groups excluding carboxylic acids is 3. The first-order valence-corrected chi connectivity index (χ1v) is 9.13. The number of hydrogen-bond acceptors (Lipinski definition) is 4. The molecule has 7 heteroatoms. The quantitative estimate of drug-likeness (QED) is 0.865. The number of benzene rings is 1. The molecule has 2 N–H and O–H groups in total. The first kappa shape index (κ1) is 17.3. The average Bonchev–Trinajstić information content (AvgIpc) is 3.36. The maximum Gasteiger partial charge on any atom is 0.243 e. The van der Waals surface area contributed by atoms with Gasteiger partial charge in [0.25, 0.3) is 0 Å². The molecular formula is C20H21N3O4. The van der Waals surface area contributed by atoms with Gasteiger partial charge >= 0.3 is 0 Å². The molecule has 2 aromatic rings. The smallest absolute Gasteiger partial charge is 0.243 e. The molecule has 2 aliphatic rings. The van der Waals surface area contributed by atoms with E-state index in [1.807, 2.05) is 18.2 Å². The Hall–Kier alpha value is -3.09. The zero-order chi connectivity index (χ0) is 18.8. The molecule has 0 unspecified atom stereocenters. The molecule has 0 aliphatic carbocycles. The molecule has 3 amide bonds. The van der Waals surface area contributed by atoms with Crippen molar-refractivity contribution in [2.45, 2.75) is 37.8 Å². The molecule has 3 heterocycles. The van der Waals surface area contributed by atoms with Gasteiger partial charge in [0.1, 0.15) is 11.8 Å². The molecule has 2 aliphatic heterocycles. The lowest BCUT2D eigenvalue weighted by molar-refractivity contribution is -0.140.